The molecule has 4 heteroatoms. The van der Waals surface area contributed by atoms with Crippen LogP contribution in [0, 0.1) is 13.8 Å². The van der Waals surface area contributed by atoms with Crippen LogP contribution in [-0.2, 0) is 11.1 Å². The molecule has 0 aliphatic rings. The standard InChI is InChI=1S/C6H8O2S2/c1-4-3-9-6(5(4)2)10(7)8/h3H,1-2H3,(H,7,8). The van der Waals surface area contributed by atoms with Crippen LogP contribution < -0.4 is 0 Å². The average molecular weight is 176 g/mol. The van der Waals surface area contributed by atoms with Crippen LogP contribution in [0.3, 0.4) is 0 Å². The van der Waals surface area contributed by atoms with E-state index in [4.69, 9.17) is 4.55 Å². The van der Waals surface area contributed by atoms with Gasteiger partial charge in [-0.05, 0) is 30.4 Å². The average Bonchev–Trinajstić information content (AvgIpc) is 2.14. The van der Waals surface area contributed by atoms with Crippen LogP contribution >= 0.6 is 11.3 Å². The maximum Gasteiger partial charge on any atom is 0.197 e. The lowest BCUT2D eigenvalue weighted by Gasteiger charge is -1.90. The van der Waals surface area contributed by atoms with Gasteiger partial charge in [-0.15, -0.1) is 11.3 Å². The molecule has 1 aromatic rings. The lowest BCUT2D eigenvalue weighted by molar-refractivity contribution is 0.566. The van der Waals surface area contributed by atoms with Gasteiger partial charge in [-0.3, -0.25) is 0 Å². The third-order valence-corrected chi connectivity index (χ3v) is 3.73. The fourth-order valence-corrected chi connectivity index (χ4v) is 2.35. The normalized spacial score (nSPS) is 13.5. The zero-order valence-electron chi connectivity index (χ0n) is 5.75. The highest BCUT2D eigenvalue weighted by molar-refractivity contribution is 7.81. The molecule has 0 saturated carbocycles. The SMILES string of the molecule is Cc1csc(S(=O)O)c1C. The molecule has 0 aliphatic carbocycles. The van der Waals surface area contributed by atoms with Gasteiger partial charge in [-0.2, -0.15) is 0 Å². The third-order valence-electron chi connectivity index (χ3n) is 1.40. The van der Waals surface area contributed by atoms with Crippen LogP contribution in [0.1, 0.15) is 11.1 Å². The van der Waals surface area contributed by atoms with Crippen LogP contribution in [0.25, 0.3) is 0 Å². The van der Waals surface area contributed by atoms with E-state index in [9.17, 15) is 4.21 Å². The second-order valence-electron chi connectivity index (χ2n) is 2.08. The Bertz CT molecular complexity index is 265. The molecule has 1 atom stereocenters. The third kappa shape index (κ3) is 1.28. The molecule has 1 aromatic heterocycles. The van der Waals surface area contributed by atoms with Crippen molar-refractivity contribution < 1.29 is 8.76 Å². The molecule has 0 fully saturated rings. The van der Waals surface area contributed by atoms with Crippen LogP contribution in [0.4, 0.5) is 0 Å². The smallest absolute Gasteiger partial charge is 0.197 e. The first-order valence-corrected chi connectivity index (χ1v) is 4.77. The highest BCUT2D eigenvalue weighted by Crippen LogP contribution is 2.23. The molecule has 0 aliphatic heterocycles. The number of thiophene rings is 1. The summed E-state index contributed by atoms with van der Waals surface area (Å²) in [6.45, 7) is 3.79. The van der Waals surface area contributed by atoms with E-state index in [0.29, 0.717) is 4.21 Å². The topological polar surface area (TPSA) is 37.3 Å². The summed E-state index contributed by atoms with van der Waals surface area (Å²) in [6, 6.07) is 0. The molecule has 1 heterocycles. The minimum atomic E-state index is -1.80. The zero-order chi connectivity index (χ0) is 7.72. The van der Waals surface area contributed by atoms with Gasteiger partial charge in [0.05, 0.1) is 0 Å². The second kappa shape index (κ2) is 2.82. The number of rotatable bonds is 1. The summed E-state index contributed by atoms with van der Waals surface area (Å²) in [5.41, 5.74) is 2.02. The Morgan fingerprint density at radius 2 is 2.20 bits per heavy atom. The molecule has 1 unspecified atom stereocenters. The Labute approximate surface area is 66.2 Å². The van der Waals surface area contributed by atoms with Crippen LogP contribution in [0.2, 0.25) is 0 Å². The van der Waals surface area contributed by atoms with Gasteiger partial charge >= 0.3 is 0 Å². The van der Waals surface area contributed by atoms with E-state index in [1.807, 2.05) is 19.2 Å². The fourth-order valence-electron chi connectivity index (χ4n) is 0.652. The lowest BCUT2D eigenvalue weighted by Crippen LogP contribution is -1.86. The van der Waals surface area contributed by atoms with Crippen LogP contribution in [0.15, 0.2) is 9.59 Å². The van der Waals surface area contributed by atoms with E-state index in [1.165, 1.54) is 11.3 Å². The first-order valence-electron chi connectivity index (χ1n) is 2.78. The maximum absolute atomic E-state index is 10.6. The first-order chi connectivity index (χ1) is 4.63. The molecular weight excluding hydrogens is 168 g/mol. The van der Waals surface area contributed by atoms with Crippen molar-refractivity contribution in [3.05, 3.63) is 16.5 Å². The Kier molecular flexibility index (Phi) is 2.23. The molecule has 56 valence electrons. The summed E-state index contributed by atoms with van der Waals surface area (Å²) >= 11 is -0.467. The minimum absolute atomic E-state index is 0.567. The van der Waals surface area contributed by atoms with E-state index in [-0.39, 0.29) is 0 Å². The van der Waals surface area contributed by atoms with Gasteiger partial charge in [-0.1, -0.05) is 0 Å². The molecule has 2 nitrogen and oxygen atoms in total. The molecule has 10 heavy (non-hydrogen) atoms. The van der Waals surface area contributed by atoms with Crippen molar-refractivity contribution in [2.45, 2.75) is 18.1 Å². The summed E-state index contributed by atoms with van der Waals surface area (Å²) in [6.07, 6.45) is 0. The van der Waals surface area contributed by atoms with Crippen molar-refractivity contribution in [3.8, 4) is 0 Å². The van der Waals surface area contributed by atoms with Gasteiger partial charge in [0.1, 0.15) is 4.21 Å². The molecule has 0 saturated heterocycles. The highest BCUT2D eigenvalue weighted by atomic mass is 32.2. The molecule has 1 rings (SSSR count). The van der Waals surface area contributed by atoms with Gasteiger partial charge < -0.3 is 4.55 Å². The van der Waals surface area contributed by atoms with E-state index < -0.39 is 11.1 Å². The van der Waals surface area contributed by atoms with Crippen molar-refractivity contribution in [2.75, 3.05) is 0 Å². The van der Waals surface area contributed by atoms with Crippen LogP contribution in [-0.4, -0.2) is 8.76 Å². The molecule has 0 spiro atoms. The minimum Gasteiger partial charge on any atom is -0.302 e. The van der Waals surface area contributed by atoms with Crippen molar-refractivity contribution in [2.24, 2.45) is 0 Å². The van der Waals surface area contributed by atoms with E-state index in [1.54, 1.807) is 0 Å². The molecule has 0 aromatic carbocycles. The Morgan fingerprint density at radius 3 is 2.40 bits per heavy atom. The maximum atomic E-state index is 10.6. The van der Waals surface area contributed by atoms with Crippen LogP contribution in [0.5, 0.6) is 0 Å². The van der Waals surface area contributed by atoms with Gasteiger partial charge in [0, 0.05) is 0 Å². The Balaban J connectivity index is 3.17. The van der Waals surface area contributed by atoms with E-state index in [2.05, 4.69) is 0 Å². The largest absolute Gasteiger partial charge is 0.302 e. The van der Waals surface area contributed by atoms with E-state index in [0.717, 1.165) is 11.1 Å². The van der Waals surface area contributed by atoms with Crippen molar-refractivity contribution >= 4 is 22.4 Å². The lowest BCUT2D eigenvalue weighted by atomic mass is 10.2. The van der Waals surface area contributed by atoms with Crippen molar-refractivity contribution in [1.82, 2.24) is 0 Å². The molecule has 0 bridgehead atoms. The quantitative estimate of drug-likeness (QED) is 0.664. The molecular formula is C6H8O2S2. The molecule has 1 N–H and O–H groups in total. The number of hydrogen-bond donors (Lipinski definition) is 1. The number of hydrogen-bond acceptors (Lipinski definition) is 2. The highest BCUT2D eigenvalue weighted by Gasteiger charge is 2.07. The van der Waals surface area contributed by atoms with Gasteiger partial charge in [-0.25, -0.2) is 4.21 Å². The summed E-state index contributed by atoms with van der Waals surface area (Å²) in [7, 11) is 0. The summed E-state index contributed by atoms with van der Waals surface area (Å²) in [5.74, 6) is 0. The Morgan fingerprint density at radius 1 is 1.60 bits per heavy atom. The van der Waals surface area contributed by atoms with E-state index >= 15 is 0 Å². The van der Waals surface area contributed by atoms with Gasteiger partial charge in [0.2, 0.25) is 0 Å². The summed E-state index contributed by atoms with van der Waals surface area (Å²) in [4.78, 5) is 0. The predicted octanol–water partition coefficient (Wildman–Crippen LogP) is 1.95. The molecule has 0 radical (unpaired) electrons. The van der Waals surface area contributed by atoms with Gasteiger partial charge in [0.25, 0.3) is 0 Å². The van der Waals surface area contributed by atoms with Crippen molar-refractivity contribution in [1.29, 1.82) is 0 Å². The first kappa shape index (κ1) is 7.91. The van der Waals surface area contributed by atoms with Crippen molar-refractivity contribution in [3.63, 3.8) is 0 Å². The second-order valence-corrected chi connectivity index (χ2v) is 4.12. The predicted molar refractivity (Wildman–Crippen MR) is 42.8 cm³/mol. The fraction of sp³-hybridized carbons (Fsp3) is 0.333. The van der Waals surface area contributed by atoms with Gasteiger partial charge in [0.15, 0.2) is 11.1 Å². The Hall–Kier alpha value is -0.190. The number of aryl methyl sites for hydroxylation is 1. The summed E-state index contributed by atoms with van der Waals surface area (Å²) < 4.78 is 19.8. The monoisotopic (exact) mass is 176 g/mol. The summed E-state index contributed by atoms with van der Waals surface area (Å²) in [5, 5.41) is 1.89. The zero-order valence-corrected chi connectivity index (χ0v) is 7.38. The molecule has 0 amide bonds.